The second kappa shape index (κ2) is 5.47. The number of aromatic nitrogens is 1. The number of benzene rings is 1. The van der Waals surface area contributed by atoms with E-state index < -0.39 is 0 Å². The molecule has 0 unspecified atom stereocenters. The Morgan fingerprint density at radius 3 is 2.61 bits per heavy atom. The number of hydrogen-bond acceptors (Lipinski definition) is 2. The number of rotatable bonds is 2. The van der Waals surface area contributed by atoms with Crippen LogP contribution in [0, 0.1) is 0 Å². The summed E-state index contributed by atoms with van der Waals surface area (Å²) in [4.78, 5) is 13.4. The van der Waals surface area contributed by atoms with Crippen molar-refractivity contribution < 1.29 is 0 Å². The van der Waals surface area contributed by atoms with Gasteiger partial charge < -0.3 is 0 Å². The lowest BCUT2D eigenvalue weighted by Crippen LogP contribution is -2.16. The van der Waals surface area contributed by atoms with Gasteiger partial charge >= 0.3 is 0 Å². The molecule has 2 aromatic rings. The molecule has 0 N–H and O–H groups in total. The standard InChI is InChI=1S/C13H12ClNOS.ClH/c14-10-6-4-9(5-7-10)8-15-13(16)11-2-1-3-12(11)17-15;/h4-7H,1-3,8H2;1H. The van der Waals surface area contributed by atoms with Crippen molar-refractivity contribution in [2.45, 2.75) is 25.8 Å². The summed E-state index contributed by atoms with van der Waals surface area (Å²) in [6.45, 7) is 0.660. The summed E-state index contributed by atoms with van der Waals surface area (Å²) in [5.41, 5.74) is 2.37. The van der Waals surface area contributed by atoms with Crippen molar-refractivity contribution in [3.63, 3.8) is 0 Å². The van der Waals surface area contributed by atoms with Gasteiger partial charge in [-0.15, -0.1) is 12.4 Å². The van der Waals surface area contributed by atoms with E-state index in [1.807, 2.05) is 28.2 Å². The van der Waals surface area contributed by atoms with Gasteiger partial charge in [-0.3, -0.25) is 8.75 Å². The average Bonchev–Trinajstić information content (AvgIpc) is 2.87. The predicted octanol–water partition coefficient (Wildman–Crippen LogP) is 3.52. The lowest BCUT2D eigenvalue weighted by Gasteiger charge is -2.01. The highest BCUT2D eigenvalue weighted by Gasteiger charge is 2.19. The first-order valence-corrected chi connectivity index (χ1v) is 6.85. The Hall–Kier alpha value is -0.770. The predicted molar refractivity (Wildman–Crippen MR) is 78.4 cm³/mol. The minimum atomic E-state index is 0. The van der Waals surface area contributed by atoms with Crippen molar-refractivity contribution in [1.29, 1.82) is 0 Å². The van der Waals surface area contributed by atoms with Gasteiger partial charge in [-0.2, -0.15) is 0 Å². The van der Waals surface area contributed by atoms with E-state index in [2.05, 4.69) is 0 Å². The average molecular weight is 302 g/mol. The van der Waals surface area contributed by atoms with E-state index in [1.165, 1.54) is 4.88 Å². The molecule has 3 rings (SSSR count). The number of halogens is 2. The number of fused-ring (bicyclic) bond motifs is 1. The summed E-state index contributed by atoms with van der Waals surface area (Å²) in [6, 6.07) is 7.67. The molecule has 0 fully saturated rings. The van der Waals surface area contributed by atoms with Crippen LogP contribution in [0.3, 0.4) is 0 Å². The van der Waals surface area contributed by atoms with Crippen LogP contribution in [0.4, 0.5) is 0 Å². The number of hydrogen-bond donors (Lipinski definition) is 0. The molecule has 1 aliphatic rings. The minimum absolute atomic E-state index is 0. The zero-order chi connectivity index (χ0) is 11.8. The SMILES string of the molecule is Cl.O=c1c2c(sn1Cc1ccc(Cl)cc1)CCC2. The van der Waals surface area contributed by atoms with Crippen molar-refractivity contribution >= 4 is 35.5 Å². The fourth-order valence-electron chi connectivity index (χ4n) is 2.23. The topological polar surface area (TPSA) is 22.0 Å². The van der Waals surface area contributed by atoms with Crippen LogP contribution in [0.25, 0.3) is 0 Å². The second-order valence-corrected chi connectivity index (χ2v) is 5.87. The van der Waals surface area contributed by atoms with E-state index in [-0.39, 0.29) is 18.0 Å². The summed E-state index contributed by atoms with van der Waals surface area (Å²) in [5.74, 6) is 0. The van der Waals surface area contributed by atoms with Gasteiger partial charge in [0.1, 0.15) is 0 Å². The highest BCUT2D eigenvalue weighted by atomic mass is 35.5. The van der Waals surface area contributed by atoms with Gasteiger partial charge in [0.15, 0.2) is 0 Å². The van der Waals surface area contributed by atoms with Crippen LogP contribution < -0.4 is 5.56 Å². The van der Waals surface area contributed by atoms with Crippen LogP contribution in [0.2, 0.25) is 5.02 Å². The Morgan fingerprint density at radius 1 is 1.22 bits per heavy atom. The van der Waals surface area contributed by atoms with Crippen LogP contribution in [0.1, 0.15) is 22.4 Å². The van der Waals surface area contributed by atoms with Gasteiger partial charge in [0.2, 0.25) is 0 Å². The molecule has 18 heavy (non-hydrogen) atoms. The van der Waals surface area contributed by atoms with Crippen molar-refractivity contribution in [2.75, 3.05) is 0 Å². The summed E-state index contributed by atoms with van der Waals surface area (Å²) in [5, 5.41) is 0.731. The fourth-order valence-corrected chi connectivity index (χ4v) is 3.56. The largest absolute Gasteiger partial charge is 0.268 e. The molecule has 0 spiro atoms. The molecule has 0 bridgehead atoms. The van der Waals surface area contributed by atoms with Gasteiger partial charge in [-0.05, 0) is 37.0 Å². The molecular formula is C13H13Cl2NOS. The Balaban J connectivity index is 0.00000120. The molecule has 1 aliphatic carbocycles. The highest BCUT2D eigenvalue weighted by Crippen LogP contribution is 2.24. The molecule has 2 nitrogen and oxygen atoms in total. The normalized spacial score (nSPS) is 13.2. The minimum Gasteiger partial charge on any atom is -0.268 e. The van der Waals surface area contributed by atoms with Crippen LogP contribution in [0.5, 0.6) is 0 Å². The third-order valence-electron chi connectivity index (χ3n) is 3.11. The van der Waals surface area contributed by atoms with Gasteiger partial charge in [0, 0.05) is 15.5 Å². The fraction of sp³-hybridized carbons (Fsp3) is 0.308. The molecule has 96 valence electrons. The maximum absolute atomic E-state index is 12.1. The van der Waals surface area contributed by atoms with Crippen molar-refractivity contribution in [3.05, 3.63) is 55.6 Å². The van der Waals surface area contributed by atoms with Crippen LogP contribution in [-0.4, -0.2) is 3.96 Å². The first kappa shape index (κ1) is 13.7. The maximum atomic E-state index is 12.1. The Kier molecular flexibility index (Phi) is 4.15. The molecule has 1 heterocycles. The Labute approximate surface area is 121 Å². The summed E-state index contributed by atoms with van der Waals surface area (Å²) in [6.07, 6.45) is 3.17. The molecule has 0 radical (unpaired) electrons. The van der Waals surface area contributed by atoms with Crippen molar-refractivity contribution in [3.8, 4) is 0 Å². The van der Waals surface area contributed by atoms with Crippen molar-refractivity contribution in [2.24, 2.45) is 0 Å². The van der Waals surface area contributed by atoms with E-state index in [9.17, 15) is 4.79 Å². The van der Waals surface area contributed by atoms with E-state index in [4.69, 9.17) is 11.6 Å². The molecule has 0 saturated heterocycles. The van der Waals surface area contributed by atoms with Crippen molar-refractivity contribution in [1.82, 2.24) is 3.96 Å². The zero-order valence-electron chi connectivity index (χ0n) is 9.69. The molecular weight excluding hydrogens is 289 g/mol. The molecule has 0 saturated carbocycles. The first-order valence-electron chi connectivity index (χ1n) is 5.70. The second-order valence-electron chi connectivity index (χ2n) is 4.31. The lowest BCUT2D eigenvalue weighted by atomic mass is 10.2. The zero-order valence-corrected chi connectivity index (χ0v) is 12.1. The van der Waals surface area contributed by atoms with Crippen LogP contribution >= 0.6 is 35.5 Å². The Morgan fingerprint density at radius 2 is 1.94 bits per heavy atom. The van der Waals surface area contributed by atoms with E-state index in [1.54, 1.807) is 11.5 Å². The molecule has 1 aromatic heterocycles. The van der Waals surface area contributed by atoms with E-state index in [0.29, 0.717) is 6.54 Å². The first-order chi connectivity index (χ1) is 8.24. The van der Waals surface area contributed by atoms with Crippen LogP contribution in [0.15, 0.2) is 29.1 Å². The molecule has 0 atom stereocenters. The number of nitrogens with zero attached hydrogens (tertiary/aromatic N) is 1. The third-order valence-corrected chi connectivity index (χ3v) is 4.55. The van der Waals surface area contributed by atoms with Crippen LogP contribution in [-0.2, 0) is 19.4 Å². The monoisotopic (exact) mass is 301 g/mol. The van der Waals surface area contributed by atoms with E-state index in [0.717, 1.165) is 35.4 Å². The lowest BCUT2D eigenvalue weighted by molar-refractivity contribution is 0.822. The van der Waals surface area contributed by atoms with E-state index >= 15 is 0 Å². The quantitative estimate of drug-likeness (QED) is 0.832. The summed E-state index contributed by atoms with van der Waals surface area (Å²) < 4.78 is 1.85. The van der Waals surface area contributed by atoms with Gasteiger partial charge in [-0.1, -0.05) is 35.3 Å². The number of aryl methyl sites for hydroxylation is 1. The maximum Gasteiger partial charge on any atom is 0.264 e. The van der Waals surface area contributed by atoms with Gasteiger partial charge in [0.05, 0.1) is 6.54 Å². The van der Waals surface area contributed by atoms with Gasteiger partial charge in [-0.25, -0.2) is 0 Å². The molecule has 5 heteroatoms. The third kappa shape index (κ3) is 2.48. The summed E-state index contributed by atoms with van der Waals surface area (Å²) >= 11 is 7.46. The van der Waals surface area contributed by atoms with Gasteiger partial charge in [0.25, 0.3) is 5.56 Å². The molecule has 0 aliphatic heterocycles. The summed E-state index contributed by atoms with van der Waals surface area (Å²) in [7, 11) is 0. The smallest absolute Gasteiger partial charge is 0.264 e. The Bertz CT molecular complexity index is 600. The molecule has 0 amide bonds. The molecule has 1 aromatic carbocycles. The highest BCUT2D eigenvalue weighted by molar-refractivity contribution is 7.06.